The van der Waals surface area contributed by atoms with Crippen molar-refractivity contribution >= 4 is 23.6 Å². The van der Waals surface area contributed by atoms with E-state index in [0.29, 0.717) is 22.3 Å². The summed E-state index contributed by atoms with van der Waals surface area (Å²) in [6.07, 6.45) is 0.420. The van der Waals surface area contributed by atoms with Crippen molar-refractivity contribution in [2.45, 2.75) is 37.5 Å². The summed E-state index contributed by atoms with van der Waals surface area (Å²) in [5, 5.41) is 13.3. The summed E-state index contributed by atoms with van der Waals surface area (Å²) in [5.74, 6) is -1.95. The van der Waals surface area contributed by atoms with Crippen molar-refractivity contribution in [2.24, 2.45) is 5.73 Å². The summed E-state index contributed by atoms with van der Waals surface area (Å²) in [5.41, 5.74) is 5.81. The van der Waals surface area contributed by atoms with Gasteiger partial charge in [-0.15, -0.1) is 0 Å². The van der Waals surface area contributed by atoms with Gasteiger partial charge in [-0.1, -0.05) is 42.5 Å². The standard InChI is InChI=1S/C22H21N3O5/c23-21(29)22(30,15-4-2-1-3-5-15)11-13-6-7-16-14(10-13)12-25(20(16)28)17-8-9-18(26)24-19(17)27/h1-7,10,17,30H,8-9,11-12H2,(H2,23,29)(H,24,26,27). The molecule has 0 aliphatic carbocycles. The highest BCUT2D eigenvalue weighted by Gasteiger charge is 2.40. The third-order valence-electron chi connectivity index (χ3n) is 5.71. The number of rotatable bonds is 5. The molecule has 2 aliphatic rings. The lowest BCUT2D eigenvalue weighted by atomic mass is 9.86. The van der Waals surface area contributed by atoms with E-state index >= 15 is 0 Å². The number of benzene rings is 2. The van der Waals surface area contributed by atoms with Gasteiger partial charge in [0.05, 0.1) is 0 Å². The number of aliphatic hydroxyl groups is 1. The van der Waals surface area contributed by atoms with Gasteiger partial charge in [0.25, 0.3) is 11.8 Å². The Hall–Kier alpha value is -3.52. The predicted octanol–water partition coefficient (Wildman–Crippen LogP) is 0.363. The average molecular weight is 407 g/mol. The van der Waals surface area contributed by atoms with E-state index in [9.17, 15) is 24.3 Å². The lowest BCUT2D eigenvalue weighted by Gasteiger charge is -2.29. The molecular weight excluding hydrogens is 386 g/mol. The minimum atomic E-state index is -1.89. The number of carbonyl (C=O) groups excluding carboxylic acids is 4. The molecule has 2 aromatic rings. The average Bonchev–Trinajstić information content (AvgIpc) is 3.04. The normalized spacial score (nSPS) is 20.5. The second kappa shape index (κ2) is 7.38. The van der Waals surface area contributed by atoms with Gasteiger partial charge in [-0.2, -0.15) is 0 Å². The molecule has 4 amide bonds. The number of hydrogen-bond donors (Lipinski definition) is 3. The summed E-state index contributed by atoms with van der Waals surface area (Å²) in [7, 11) is 0. The van der Waals surface area contributed by atoms with Crippen LogP contribution in [0.5, 0.6) is 0 Å². The zero-order valence-corrected chi connectivity index (χ0v) is 16.1. The molecular formula is C22H21N3O5. The van der Waals surface area contributed by atoms with Crippen molar-refractivity contribution in [3.8, 4) is 0 Å². The Labute approximate surface area is 172 Å². The first-order chi connectivity index (χ1) is 14.3. The van der Waals surface area contributed by atoms with Gasteiger partial charge in [0.1, 0.15) is 6.04 Å². The predicted molar refractivity (Wildman–Crippen MR) is 106 cm³/mol. The van der Waals surface area contributed by atoms with Gasteiger partial charge in [0, 0.05) is 24.9 Å². The summed E-state index contributed by atoms with van der Waals surface area (Å²) in [4.78, 5) is 49.9. The van der Waals surface area contributed by atoms with Crippen LogP contribution in [0.3, 0.4) is 0 Å². The van der Waals surface area contributed by atoms with Crippen LogP contribution in [-0.2, 0) is 33.0 Å². The number of fused-ring (bicyclic) bond motifs is 1. The zero-order valence-electron chi connectivity index (χ0n) is 16.1. The van der Waals surface area contributed by atoms with Gasteiger partial charge in [-0.05, 0) is 29.2 Å². The SMILES string of the molecule is NC(=O)C(O)(Cc1ccc2c(c1)CN(C1CCC(=O)NC1=O)C2=O)c1ccccc1. The molecule has 0 saturated carbocycles. The molecule has 2 aromatic carbocycles. The molecule has 1 fully saturated rings. The number of nitrogens with one attached hydrogen (secondary N) is 1. The third-order valence-corrected chi connectivity index (χ3v) is 5.71. The molecule has 8 heteroatoms. The van der Waals surface area contributed by atoms with Crippen LogP contribution in [0.25, 0.3) is 0 Å². The maximum Gasteiger partial charge on any atom is 0.255 e. The van der Waals surface area contributed by atoms with Crippen molar-refractivity contribution in [3.63, 3.8) is 0 Å². The monoisotopic (exact) mass is 407 g/mol. The van der Waals surface area contributed by atoms with E-state index in [0.717, 1.165) is 0 Å². The zero-order chi connectivity index (χ0) is 21.5. The van der Waals surface area contributed by atoms with Crippen molar-refractivity contribution in [1.29, 1.82) is 0 Å². The Kier molecular flexibility index (Phi) is 4.87. The Balaban J connectivity index is 1.59. The maximum absolute atomic E-state index is 12.8. The highest BCUT2D eigenvalue weighted by molar-refractivity contribution is 6.05. The minimum absolute atomic E-state index is 0.0494. The smallest absolute Gasteiger partial charge is 0.255 e. The van der Waals surface area contributed by atoms with Crippen LogP contribution in [0.15, 0.2) is 48.5 Å². The number of nitrogens with two attached hydrogens (primary N) is 1. The van der Waals surface area contributed by atoms with Crippen LogP contribution in [0.1, 0.15) is 39.9 Å². The molecule has 0 aromatic heterocycles. The van der Waals surface area contributed by atoms with Gasteiger partial charge in [-0.3, -0.25) is 24.5 Å². The Morgan fingerprint density at radius 2 is 1.90 bits per heavy atom. The first kappa shape index (κ1) is 19.8. The largest absolute Gasteiger partial charge is 0.375 e. The van der Waals surface area contributed by atoms with E-state index in [1.54, 1.807) is 48.5 Å². The van der Waals surface area contributed by atoms with E-state index in [-0.39, 0.29) is 37.6 Å². The number of amides is 4. The lowest BCUT2D eigenvalue weighted by Crippen LogP contribution is -2.52. The Morgan fingerprint density at radius 1 is 1.17 bits per heavy atom. The van der Waals surface area contributed by atoms with E-state index in [1.807, 2.05) is 0 Å². The Bertz CT molecular complexity index is 1050. The highest BCUT2D eigenvalue weighted by atomic mass is 16.3. The van der Waals surface area contributed by atoms with Crippen molar-refractivity contribution in [2.75, 3.05) is 0 Å². The van der Waals surface area contributed by atoms with Crippen LogP contribution in [0.2, 0.25) is 0 Å². The first-order valence-electron chi connectivity index (χ1n) is 9.64. The lowest BCUT2D eigenvalue weighted by molar-refractivity contribution is -0.138. The van der Waals surface area contributed by atoms with Crippen molar-refractivity contribution in [1.82, 2.24) is 10.2 Å². The quantitative estimate of drug-likeness (QED) is 0.617. The summed E-state index contributed by atoms with van der Waals surface area (Å²) >= 11 is 0. The number of imide groups is 1. The van der Waals surface area contributed by atoms with Crippen molar-refractivity contribution in [3.05, 3.63) is 70.8 Å². The van der Waals surface area contributed by atoms with Gasteiger partial charge in [-0.25, -0.2) is 0 Å². The third kappa shape index (κ3) is 3.35. The van der Waals surface area contributed by atoms with Crippen LogP contribution in [0, 0.1) is 0 Å². The number of primary amides is 1. The molecule has 2 atom stereocenters. The molecule has 4 N–H and O–H groups in total. The van der Waals surface area contributed by atoms with E-state index in [1.165, 1.54) is 4.90 Å². The molecule has 1 saturated heterocycles. The van der Waals surface area contributed by atoms with Gasteiger partial charge in [0.2, 0.25) is 11.8 Å². The molecule has 2 aliphatic heterocycles. The molecule has 0 radical (unpaired) electrons. The number of hydrogen-bond acceptors (Lipinski definition) is 5. The number of nitrogens with zero attached hydrogens (tertiary/aromatic N) is 1. The second-order valence-corrected chi connectivity index (χ2v) is 7.66. The van der Waals surface area contributed by atoms with E-state index in [4.69, 9.17) is 5.73 Å². The number of piperidine rings is 1. The molecule has 2 unspecified atom stereocenters. The fraction of sp³-hybridized carbons (Fsp3) is 0.273. The van der Waals surface area contributed by atoms with E-state index < -0.39 is 23.5 Å². The van der Waals surface area contributed by atoms with E-state index in [2.05, 4.69) is 5.32 Å². The molecule has 0 spiro atoms. The topological polar surface area (TPSA) is 130 Å². The van der Waals surface area contributed by atoms with Crippen LogP contribution >= 0.6 is 0 Å². The molecule has 30 heavy (non-hydrogen) atoms. The summed E-state index contributed by atoms with van der Waals surface area (Å²) in [6.45, 7) is 0.217. The van der Waals surface area contributed by atoms with Crippen LogP contribution in [0.4, 0.5) is 0 Å². The van der Waals surface area contributed by atoms with Gasteiger partial charge >= 0.3 is 0 Å². The van der Waals surface area contributed by atoms with Crippen LogP contribution in [-0.4, -0.2) is 39.7 Å². The molecule has 8 nitrogen and oxygen atoms in total. The van der Waals surface area contributed by atoms with Crippen molar-refractivity contribution < 1.29 is 24.3 Å². The molecule has 4 rings (SSSR count). The second-order valence-electron chi connectivity index (χ2n) is 7.66. The molecule has 2 heterocycles. The minimum Gasteiger partial charge on any atom is -0.375 e. The highest BCUT2D eigenvalue weighted by Crippen LogP contribution is 2.31. The van der Waals surface area contributed by atoms with Crippen LogP contribution < -0.4 is 11.1 Å². The number of carbonyl (C=O) groups is 4. The molecule has 0 bridgehead atoms. The summed E-state index contributed by atoms with van der Waals surface area (Å²) in [6, 6.07) is 12.8. The summed E-state index contributed by atoms with van der Waals surface area (Å²) < 4.78 is 0. The fourth-order valence-electron chi connectivity index (χ4n) is 4.08. The first-order valence-corrected chi connectivity index (χ1v) is 9.64. The Morgan fingerprint density at radius 3 is 2.57 bits per heavy atom. The van der Waals surface area contributed by atoms with Gasteiger partial charge < -0.3 is 15.7 Å². The maximum atomic E-state index is 12.8. The van der Waals surface area contributed by atoms with Gasteiger partial charge in [0.15, 0.2) is 5.60 Å². The molecule has 154 valence electrons. The fourth-order valence-corrected chi connectivity index (χ4v) is 4.08.